The molecule has 1 heterocycles. The number of nitrogens with one attached hydrogen (secondary N) is 2. The van der Waals surface area contributed by atoms with Crippen molar-refractivity contribution in [3.8, 4) is 0 Å². The fraction of sp³-hybridized carbons (Fsp3) is 0.467. The standard InChI is InChI=1S/C15H20N2O.ClH/c1-10-5-6-13-12(9-10)11-3-2-4-14(15(11)17-13)16-7-8-18;/h5-6,9,14,16-18H,2-4,7-8H2,1H3;1H. The number of benzene rings is 1. The Bertz CT molecular complexity index is 565. The van der Waals surface area contributed by atoms with E-state index in [1.54, 1.807) is 0 Å². The van der Waals surface area contributed by atoms with Crippen molar-refractivity contribution in [3.63, 3.8) is 0 Å². The van der Waals surface area contributed by atoms with Crippen molar-refractivity contribution in [2.75, 3.05) is 13.2 Å². The summed E-state index contributed by atoms with van der Waals surface area (Å²) in [6, 6.07) is 6.97. The Morgan fingerprint density at radius 3 is 3.05 bits per heavy atom. The molecule has 0 saturated carbocycles. The Kier molecular flexibility index (Phi) is 4.50. The van der Waals surface area contributed by atoms with E-state index in [2.05, 4.69) is 35.4 Å². The first-order valence-corrected chi connectivity index (χ1v) is 6.75. The zero-order valence-corrected chi connectivity index (χ0v) is 12.0. The number of hydrogen-bond donors (Lipinski definition) is 3. The molecule has 0 fully saturated rings. The molecule has 3 rings (SSSR count). The van der Waals surface area contributed by atoms with E-state index in [0.717, 1.165) is 12.8 Å². The average Bonchev–Trinajstić information content (AvgIpc) is 2.75. The van der Waals surface area contributed by atoms with Gasteiger partial charge in [-0.25, -0.2) is 0 Å². The summed E-state index contributed by atoms with van der Waals surface area (Å²) >= 11 is 0. The molecule has 0 spiro atoms. The molecule has 19 heavy (non-hydrogen) atoms. The molecular formula is C15H21ClN2O. The lowest BCUT2D eigenvalue weighted by Crippen LogP contribution is -2.27. The molecule has 2 aromatic rings. The summed E-state index contributed by atoms with van der Waals surface area (Å²) in [7, 11) is 0. The van der Waals surface area contributed by atoms with Crippen LogP contribution in [0, 0.1) is 6.92 Å². The second-order valence-electron chi connectivity index (χ2n) is 5.19. The molecular weight excluding hydrogens is 260 g/mol. The highest BCUT2D eigenvalue weighted by atomic mass is 35.5. The Morgan fingerprint density at radius 2 is 2.26 bits per heavy atom. The maximum absolute atomic E-state index is 8.95. The highest BCUT2D eigenvalue weighted by molar-refractivity contribution is 5.86. The normalized spacial score (nSPS) is 18.1. The number of fused-ring (bicyclic) bond motifs is 3. The highest BCUT2D eigenvalue weighted by Crippen LogP contribution is 2.34. The van der Waals surface area contributed by atoms with Crippen LogP contribution < -0.4 is 5.32 Å². The smallest absolute Gasteiger partial charge is 0.0556 e. The van der Waals surface area contributed by atoms with E-state index in [1.807, 2.05) is 0 Å². The van der Waals surface area contributed by atoms with Crippen molar-refractivity contribution in [2.24, 2.45) is 0 Å². The van der Waals surface area contributed by atoms with Crippen LogP contribution in [0.15, 0.2) is 18.2 Å². The van der Waals surface area contributed by atoms with Crippen molar-refractivity contribution in [1.29, 1.82) is 0 Å². The summed E-state index contributed by atoms with van der Waals surface area (Å²) in [4.78, 5) is 3.56. The number of rotatable bonds is 3. The molecule has 1 aromatic heterocycles. The summed E-state index contributed by atoms with van der Waals surface area (Å²) in [6.45, 7) is 3.01. The molecule has 1 aliphatic carbocycles. The fourth-order valence-electron chi connectivity index (χ4n) is 3.02. The Labute approximate surface area is 119 Å². The number of aliphatic hydroxyl groups is 1. The first kappa shape index (κ1) is 14.4. The van der Waals surface area contributed by atoms with E-state index in [0.29, 0.717) is 12.6 Å². The minimum atomic E-state index is 0. The van der Waals surface area contributed by atoms with E-state index in [1.165, 1.54) is 34.1 Å². The number of aromatic nitrogens is 1. The average molecular weight is 281 g/mol. The third-order valence-electron chi connectivity index (χ3n) is 3.87. The van der Waals surface area contributed by atoms with Gasteiger partial charge in [-0.1, -0.05) is 11.6 Å². The number of hydrogen-bond acceptors (Lipinski definition) is 2. The van der Waals surface area contributed by atoms with Crippen LogP contribution in [0.2, 0.25) is 0 Å². The molecule has 104 valence electrons. The van der Waals surface area contributed by atoms with Gasteiger partial charge in [0, 0.05) is 29.2 Å². The number of H-pyrrole nitrogens is 1. The summed E-state index contributed by atoms with van der Waals surface area (Å²) in [5.41, 5.74) is 5.35. The minimum absolute atomic E-state index is 0. The Morgan fingerprint density at radius 1 is 1.42 bits per heavy atom. The van der Waals surface area contributed by atoms with Gasteiger partial charge in [-0.3, -0.25) is 0 Å². The Balaban J connectivity index is 0.00000133. The van der Waals surface area contributed by atoms with Gasteiger partial charge in [0.25, 0.3) is 0 Å². The van der Waals surface area contributed by atoms with Gasteiger partial charge >= 0.3 is 0 Å². The molecule has 0 amide bonds. The first-order chi connectivity index (χ1) is 8.79. The minimum Gasteiger partial charge on any atom is -0.395 e. The monoisotopic (exact) mass is 280 g/mol. The van der Waals surface area contributed by atoms with Crippen LogP contribution in [0.1, 0.15) is 35.7 Å². The lowest BCUT2D eigenvalue weighted by Gasteiger charge is -2.23. The maximum atomic E-state index is 8.95. The fourth-order valence-corrected chi connectivity index (χ4v) is 3.02. The van der Waals surface area contributed by atoms with Crippen LogP contribution in [0.25, 0.3) is 10.9 Å². The van der Waals surface area contributed by atoms with Crippen LogP contribution in [0.3, 0.4) is 0 Å². The van der Waals surface area contributed by atoms with Gasteiger partial charge in [-0.15, -0.1) is 12.4 Å². The van der Waals surface area contributed by atoms with E-state index in [-0.39, 0.29) is 19.0 Å². The number of aryl methyl sites for hydroxylation is 2. The van der Waals surface area contributed by atoms with Crippen LogP contribution in [-0.4, -0.2) is 23.2 Å². The van der Waals surface area contributed by atoms with Gasteiger partial charge in [-0.05, 0) is 43.9 Å². The molecule has 3 nitrogen and oxygen atoms in total. The summed E-state index contributed by atoms with van der Waals surface area (Å²) in [5.74, 6) is 0. The second-order valence-corrected chi connectivity index (χ2v) is 5.19. The van der Waals surface area contributed by atoms with Gasteiger partial charge in [0.1, 0.15) is 0 Å². The molecule has 1 aromatic carbocycles. The van der Waals surface area contributed by atoms with E-state index in [4.69, 9.17) is 5.11 Å². The van der Waals surface area contributed by atoms with E-state index >= 15 is 0 Å². The SMILES string of the molecule is Cc1ccc2[nH]c3c(c2c1)CCCC3NCCO.Cl. The lowest BCUT2D eigenvalue weighted by molar-refractivity contribution is 0.280. The summed E-state index contributed by atoms with van der Waals surface area (Å²) in [5, 5.41) is 13.7. The molecule has 3 N–H and O–H groups in total. The topological polar surface area (TPSA) is 48.0 Å². The van der Waals surface area contributed by atoms with Crippen molar-refractivity contribution in [3.05, 3.63) is 35.0 Å². The first-order valence-electron chi connectivity index (χ1n) is 6.75. The molecule has 1 unspecified atom stereocenters. The van der Waals surface area contributed by atoms with Crippen LogP contribution >= 0.6 is 12.4 Å². The van der Waals surface area contributed by atoms with Crippen molar-refractivity contribution < 1.29 is 5.11 Å². The zero-order chi connectivity index (χ0) is 12.5. The molecule has 0 saturated heterocycles. The van der Waals surface area contributed by atoms with Crippen LogP contribution in [0.4, 0.5) is 0 Å². The lowest BCUT2D eigenvalue weighted by atomic mass is 9.91. The number of aromatic amines is 1. The molecule has 0 bridgehead atoms. The van der Waals surface area contributed by atoms with E-state index < -0.39 is 0 Å². The summed E-state index contributed by atoms with van der Waals surface area (Å²) < 4.78 is 0. The van der Waals surface area contributed by atoms with Crippen molar-refractivity contribution >= 4 is 23.3 Å². The van der Waals surface area contributed by atoms with Crippen LogP contribution in [-0.2, 0) is 6.42 Å². The van der Waals surface area contributed by atoms with Crippen molar-refractivity contribution in [2.45, 2.75) is 32.2 Å². The van der Waals surface area contributed by atoms with E-state index in [9.17, 15) is 0 Å². The van der Waals surface area contributed by atoms with Crippen molar-refractivity contribution in [1.82, 2.24) is 10.3 Å². The largest absolute Gasteiger partial charge is 0.395 e. The Hall–Kier alpha value is -1.03. The molecule has 1 atom stereocenters. The highest BCUT2D eigenvalue weighted by Gasteiger charge is 2.23. The van der Waals surface area contributed by atoms with Gasteiger partial charge in [0.2, 0.25) is 0 Å². The third kappa shape index (κ3) is 2.64. The number of halogens is 1. The van der Waals surface area contributed by atoms with Gasteiger partial charge in [0.05, 0.1) is 6.61 Å². The predicted octanol–water partition coefficient (Wildman–Crippen LogP) is 2.86. The summed E-state index contributed by atoms with van der Waals surface area (Å²) in [6.07, 6.45) is 3.53. The van der Waals surface area contributed by atoms with Gasteiger partial charge in [-0.2, -0.15) is 0 Å². The molecule has 0 radical (unpaired) electrons. The number of aliphatic hydroxyl groups excluding tert-OH is 1. The predicted molar refractivity (Wildman–Crippen MR) is 81.1 cm³/mol. The maximum Gasteiger partial charge on any atom is 0.0556 e. The van der Waals surface area contributed by atoms with Gasteiger partial charge in [0.15, 0.2) is 0 Å². The van der Waals surface area contributed by atoms with Gasteiger partial charge < -0.3 is 15.4 Å². The second kappa shape index (κ2) is 5.95. The quantitative estimate of drug-likeness (QED) is 0.810. The third-order valence-corrected chi connectivity index (χ3v) is 3.87. The molecule has 4 heteroatoms. The van der Waals surface area contributed by atoms with Crippen LogP contribution in [0.5, 0.6) is 0 Å². The zero-order valence-electron chi connectivity index (χ0n) is 11.2. The molecule has 1 aliphatic rings. The molecule has 0 aliphatic heterocycles.